The van der Waals surface area contributed by atoms with Crippen molar-refractivity contribution >= 4 is 10.9 Å². The Morgan fingerprint density at radius 3 is 2.71 bits per heavy atom. The highest BCUT2D eigenvalue weighted by molar-refractivity contribution is 5.90. The molecule has 0 fully saturated rings. The first-order valence-electron chi connectivity index (χ1n) is 5.96. The number of aliphatic hydroxyl groups excluding tert-OH is 1. The van der Waals surface area contributed by atoms with Gasteiger partial charge in [-0.25, -0.2) is 0 Å². The molecular formula is C14H19NO2. The molecule has 0 amide bonds. The number of aliphatic hydroxyl groups is 1. The topological polar surface area (TPSA) is 34.4 Å². The van der Waals surface area contributed by atoms with Gasteiger partial charge in [-0.2, -0.15) is 0 Å². The second kappa shape index (κ2) is 4.80. The van der Waals surface area contributed by atoms with Gasteiger partial charge < -0.3 is 14.4 Å². The van der Waals surface area contributed by atoms with Crippen LogP contribution in [0.25, 0.3) is 10.9 Å². The average Bonchev–Trinajstić information content (AvgIpc) is 2.69. The van der Waals surface area contributed by atoms with Crippen molar-refractivity contribution in [1.82, 2.24) is 4.57 Å². The van der Waals surface area contributed by atoms with Crippen LogP contribution in [0.5, 0.6) is 5.75 Å². The van der Waals surface area contributed by atoms with Crippen LogP contribution >= 0.6 is 0 Å². The van der Waals surface area contributed by atoms with Crippen LogP contribution in [0.3, 0.4) is 0 Å². The van der Waals surface area contributed by atoms with Gasteiger partial charge in [0.25, 0.3) is 0 Å². The number of fused-ring (bicyclic) bond motifs is 1. The normalized spacial score (nSPS) is 11.4. The Morgan fingerprint density at radius 2 is 2.12 bits per heavy atom. The number of hydrogen-bond acceptors (Lipinski definition) is 2. The molecule has 92 valence electrons. The zero-order chi connectivity index (χ0) is 12.4. The summed E-state index contributed by atoms with van der Waals surface area (Å²) in [5.74, 6) is 0.880. The summed E-state index contributed by atoms with van der Waals surface area (Å²) in [7, 11) is 1.68. The first-order valence-corrected chi connectivity index (χ1v) is 5.96. The van der Waals surface area contributed by atoms with E-state index in [0.29, 0.717) is 12.5 Å². The van der Waals surface area contributed by atoms with Crippen LogP contribution in [-0.4, -0.2) is 23.4 Å². The Balaban J connectivity index is 2.71. The van der Waals surface area contributed by atoms with Gasteiger partial charge in [-0.1, -0.05) is 6.07 Å². The second-order valence-electron chi connectivity index (χ2n) is 4.48. The zero-order valence-corrected chi connectivity index (χ0v) is 10.6. The number of nitrogens with zero attached hydrogens (tertiary/aromatic N) is 1. The first-order chi connectivity index (χ1) is 8.19. The summed E-state index contributed by atoms with van der Waals surface area (Å²) in [6.45, 7) is 4.47. The molecule has 0 atom stereocenters. The third-order valence-electron chi connectivity index (χ3n) is 3.06. The van der Waals surface area contributed by atoms with Gasteiger partial charge in [0.1, 0.15) is 5.75 Å². The van der Waals surface area contributed by atoms with Gasteiger partial charge in [-0.05, 0) is 38.0 Å². The lowest BCUT2D eigenvalue weighted by molar-refractivity contribution is 0.300. The average molecular weight is 233 g/mol. The third kappa shape index (κ3) is 2.03. The number of rotatable bonds is 4. The van der Waals surface area contributed by atoms with Crippen molar-refractivity contribution in [2.75, 3.05) is 13.7 Å². The van der Waals surface area contributed by atoms with E-state index in [1.54, 1.807) is 7.11 Å². The summed E-state index contributed by atoms with van der Waals surface area (Å²) >= 11 is 0. The van der Waals surface area contributed by atoms with Crippen molar-refractivity contribution in [1.29, 1.82) is 0 Å². The Hall–Kier alpha value is -1.48. The molecule has 0 aliphatic heterocycles. The van der Waals surface area contributed by atoms with E-state index >= 15 is 0 Å². The fourth-order valence-electron chi connectivity index (χ4n) is 2.27. The molecule has 0 unspecified atom stereocenters. The number of aromatic nitrogens is 1. The molecule has 0 radical (unpaired) electrons. The number of hydrogen-bond donors (Lipinski definition) is 1. The lowest BCUT2D eigenvalue weighted by Gasteiger charge is -2.09. The fourth-order valence-corrected chi connectivity index (χ4v) is 2.27. The SMILES string of the molecule is COc1cccc2c1c(CCO)cn2C(C)C. The summed E-state index contributed by atoms with van der Waals surface area (Å²) in [6.07, 6.45) is 2.78. The molecule has 0 aliphatic carbocycles. The zero-order valence-electron chi connectivity index (χ0n) is 10.6. The van der Waals surface area contributed by atoms with E-state index in [4.69, 9.17) is 9.84 Å². The Morgan fingerprint density at radius 1 is 1.35 bits per heavy atom. The summed E-state index contributed by atoms with van der Waals surface area (Å²) in [4.78, 5) is 0. The van der Waals surface area contributed by atoms with Gasteiger partial charge in [0, 0.05) is 24.2 Å². The second-order valence-corrected chi connectivity index (χ2v) is 4.48. The van der Waals surface area contributed by atoms with Gasteiger partial charge in [0.15, 0.2) is 0 Å². The molecule has 0 saturated heterocycles. The maximum absolute atomic E-state index is 9.14. The monoisotopic (exact) mass is 233 g/mol. The lowest BCUT2D eigenvalue weighted by Crippen LogP contribution is -1.98. The van der Waals surface area contributed by atoms with E-state index < -0.39 is 0 Å². The third-order valence-corrected chi connectivity index (χ3v) is 3.06. The molecule has 0 aliphatic rings. The molecule has 1 aromatic carbocycles. The van der Waals surface area contributed by atoms with E-state index in [1.807, 2.05) is 12.1 Å². The van der Waals surface area contributed by atoms with E-state index in [2.05, 4.69) is 30.7 Å². The number of benzene rings is 1. The van der Waals surface area contributed by atoms with Crippen LogP contribution in [0.1, 0.15) is 25.5 Å². The van der Waals surface area contributed by atoms with E-state index in [1.165, 1.54) is 5.52 Å². The Labute approximate surface area is 102 Å². The molecule has 1 heterocycles. The molecule has 3 nitrogen and oxygen atoms in total. The predicted molar refractivity (Wildman–Crippen MR) is 69.7 cm³/mol. The van der Waals surface area contributed by atoms with Gasteiger partial charge in [0.05, 0.1) is 12.6 Å². The maximum atomic E-state index is 9.14. The molecule has 2 aromatic rings. The fraction of sp³-hybridized carbons (Fsp3) is 0.429. The molecular weight excluding hydrogens is 214 g/mol. The van der Waals surface area contributed by atoms with E-state index in [0.717, 1.165) is 16.7 Å². The minimum absolute atomic E-state index is 0.162. The van der Waals surface area contributed by atoms with Crippen molar-refractivity contribution < 1.29 is 9.84 Å². The highest BCUT2D eigenvalue weighted by atomic mass is 16.5. The first kappa shape index (κ1) is 12.0. The molecule has 0 spiro atoms. The highest BCUT2D eigenvalue weighted by Crippen LogP contribution is 2.32. The van der Waals surface area contributed by atoms with Crippen molar-refractivity contribution in [2.45, 2.75) is 26.3 Å². The number of methoxy groups -OCH3 is 1. The maximum Gasteiger partial charge on any atom is 0.128 e. The summed E-state index contributed by atoms with van der Waals surface area (Å²) < 4.78 is 7.64. The van der Waals surface area contributed by atoms with Crippen LogP contribution in [-0.2, 0) is 6.42 Å². The van der Waals surface area contributed by atoms with Gasteiger partial charge in [-0.15, -0.1) is 0 Å². The Bertz CT molecular complexity index is 514. The van der Waals surface area contributed by atoms with Crippen molar-refractivity contribution in [2.24, 2.45) is 0 Å². The minimum atomic E-state index is 0.162. The van der Waals surface area contributed by atoms with E-state index in [-0.39, 0.29) is 6.61 Å². The van der Waals surface area contributed by atoms with Crippen molar-refractivity contribution in [3.63, 3.8) is 0 Å². The summed E-state index contributed by atoms with van der Waals surface area (Å²) in [5.41, 5.74) is 2.32. The van der Waals surface area contributed by atoms with Crippen molar-refractivity contribution in [3.8, 4) is 5.75 Å². The molecule has 0 saturated carbocycles. The van der Waals surface area contributed by atoms with Crippen LogP contribution in [0, 0.1) is 0 Å². The van der Waals surface area contributed by atoms with Crippen LogP contribution < -0.4 is 4.74 Å². The van der Waals surface area contributed by atoms with E-state index in [9.17, 15) is 0 Å². The lowest BCUT2D eigenvalue weighted by atomic mass is 10.1. The van der Waals surface area contributed by atoms with Crippen molar-refractivity contribution in [3.05, 3.63) is 30.0 Å². The summed E-state index contributed by atoms with van der Waals surface area (Å²) in [6, 6.07) is 6.46. The van der Waals surface area contributed by atoms with Crippen LogP contribution in [0.2, 0.25) is 0 Å². The minimum Gasteiger partial charge on any atom is -0.496 e. The molecule has 1 aromatic heterocycles. The van der Waals surface area contributed by atoms with Gasteiger partial charge in [0.2, 0.25) is 0 Å². The van der Waals surface area contributed by atoms with Crippen LogP contribution in [0.15, 0.2) is 24.4 Å². The molecule has 3 heteroatoms. The molecule has 17 heavy (non-hydrogen) atoms. The predicted octanol–water partition coefficient (Wildman–Crippen LogP) is 2.77. The largest absolute Gasteiger partial charge is 0.496 e. The molecule has 0 bridgehead atoms. The smallest absolute Gasteiger partial charge is 0.128 e. The highest BCUT2D eigenvalue weighted by Gasteiger charge is 2.13. The standard InChI is InChI=1S/C14H19NO2/c1-10(2)15-9-11(7-8-16)14-12(15)5-4-6-13(14)17-3/h4-6,9-10,16H,7-8H2,1-3H3. The Kier molecular flexibility index (Phi) is 3.38. The molecule has 1 N–H and O–H groups in total. The molecule has 2 rings (SSSR count). The van der Waals surface area contributed by atoms with Gasteiger partial charge in [-0.3, -0.25) is 0 Å². The summed E-state index contributed by atoms with van der Waals surface area (Å²) in [5, 5.41) is 10.3. The van der Waals surface area contributed by atoms with Crippen LogP contribution in [0.4, 0.5) is 0 Å². The number of ether oxygens (including phenoxy) is 1. The quantitative estimate of drug-likeness (QED) is 0.881. The van der Waals surface area contributed by atoms with Gasteiger partial charge >= 0.3 is 0 Å².